The predicted octanol–water partition coefficient (Wildman–Crippen LogP) is 3.72. The van der Waals surface area contributed by atoms with Crippen LogP contribution in [0.15, 0.2) is 35.2 Å². The predicted molar refractivity (Wildman–Crippen MR) is 109 cm³/mol. The van der Waals surface area contributed by atoms with E-state index in [-0.39, 0.29) is 4.90 Å². The second-order valence-electron chi connectivity index (χ2n) is 7.33. The van der Waals surface area contributed by atoms with Gasteiger partial charge in [-0.2, -0.15) is 0 Å². The first kappa shape index (κ1) is 19.4. The van der Waals surface area contributed by atoms with Gasteiger partial charge in [0, 0.05) is 48.2 Å². The summed E-state index contributed by atoms with van der Waals surface area (Å²) in [5.74, 6) is 1.11. The Labute approximate surface area is 161 Å². The van der Waals surface area contributed by atoms with Crippen molar-refractivity contribution in [2.75, 3.05) is 25.2 Å². The molecule has 0 bridgehead atoms. The van der Waals surface area contributed by atoms with Gasteiger partial charge in [-0.1, -0.05) is 32.1 Å². The molecule has 1 aliphatic carbocycles. The van der Waals surface area contributed by atoms with Crippen molar-refractivity contribution >= 4 is 21.6 Å². The van der Waals surface area contributed by atoms with Crippen LogP contribution in [0.25, 0.3) is 6.08 Å². The molecule has 0 saturated carbocycles. The molecule has 1 aliphatic rings. The molecule has 0 saturated heterocycles. The fraction of sp³-hybridized carbons (Fsp3) is 0.381. The summed E-state index contributed by atoms with van der Waals surface area (Å²) in [7, 11) is -1.71. The Balaban J connectivity index is 1.93. The Hall–Kier alpha value is -2.34. The largest absolute Gasteiger partial charge is 0.496 e. The minimum absolute atomic E-state index is 0.258. The normalized spacial score (nSPS) is 13.1. The molecule has 3 rings (SSSR count). The summed E-state index contributed by atoms with van der Waals surface area (Å²) in [5.41, 5.74) is 5.20. The van der Waals surface area contributed by atoms with Gasteiger partial charge in [-0.05, 0) is 24.1 Å². The first-order chi connectivity index (χ1) is 12.8. The average molecular weight is 387 g/mol. The van der Waals surface area contributed by atoms with E-state index in [1.54, 1.807) is 19.2 Å². The first-order valence-corrected chi connectivity index (χ1v) is 11.0. The SMILES string of the molecule is COc1cc(S(C)(=O)=O)ccc1Cc1cc(NCC(C)C)c2c(n1)CC=C2. The molecule has 0 radical (unpaired) electrons. The monoisotopic (exact) mass is 386 g/mol. The third-order valence-electron chi connectivity index (χ3n) is 4.55. The van der Waals surface area contributed by atoms with Gasteiger partial charge in [0.15, 0.2) is 9.84 Å². The maximum Gasteiger partial charge on any atom is 0.175 e. The van der Waals surface area contributed by atoms with Crippen LogP contribution in [0.5, 0.6) is 5.75 Å². The van der Waals surface area contributed by atoms with Crippen molar-refractivity contribution < 1.29 is 13.2 Å². The standard InChI is InChI=1S/C21H26N2O3S/c1-14(2)13-22-20-11-16(23-19-7-5-6-18(19)20)10-15-8-9-17(27(4,24)25)12-21(15)26-3/h5-6,8-9,11-12,14H,7,10,13H2,1-4H3,(H,22,23). The highest BCUT2D eigenvalue weighted by atomic mass is 32.2. The molecule has 144 valence electrons. The molecule has 1 aromatic heterocycles. The zero-order valence-electron chi connectivity index (χ0n) is 16.2. The van der Waals surface area contributed by atoms with Gasteiger partial charge < -0.3 is 10.1 Å². The maximum absolute atomic E-state index is 11.8. The van der Waals surface area contributed by atoms with Gasteiger partial charge in [-0.3, -0.25) is 4.98 Å². The van der Waals surface area contributed by atoms with Crippen LogP contribution in [0, 0.1) is 5.92 Å². The molecule has 6 heteroatoms. The van der Waals surface area contributed by atoms with Crippen LogP contribution < -0.4 is 10.1 Å². The molecule has 0 atom stereocenters. The summed E-state index contributed by atoms with van der Waals surface area (Å²) in [5, 5.41) is 3.53. The minimum Gasteiger partial charge on any atom is -0.496 e. The summed E-state index contributed by atoms with van der Waals surface area (Å²) in [6, 6.07) is 7.10. The van der Waals surface area contributed by atoms with Crippen LogP contribution >= 0.6 is 0 Å². The van der Waals surface area contributed by atoms with Gasteiger partial charge >= 0.3 is 0 Å². The van der Waals surface area contributed by atoms with E-state index in [0.717, 1.165) is 35.6 Å². The molecule has 0 amide bonds. The highest BCUT2D eigenvalue weighted by Crippen LogP contribution is 2.30. The van der Waals surface area contributed by atoms with E-state index in [1.807, 2.05) is 6.07 Å². The fourth-order valence-electron chi connectivity index (χ4n) is 3.14. The van der Waals surface area contributed by atoms with Crippen molar-refractivity contribution in [2.45, 2.75) is 31.6 Å². The van der Waals surface area contributed by atoms with Gasteiger partial charge in [-0.15, -0.1) is 0 Å². The van der Waals surface area contributed by atoms with Gasteiger partial charge in [0.1, 0.15) is 5.75 Å². The van der Waals surface area contributed by atoms with E-state index < -0.39 is 9.84 Å². The lowest BCUT2D eigenvalue weighted by Gasteiger charge is -2.15. The zero-order chi connectivity index (χ0) is 19.6. The molecular formula is C21H26N2O3S. The van der Waals surface area contributed by atoms with E-state index >= 15 is 0 Å². The Morgan fingerprint density at radius 2 is 2.04 bits per heavy atom. The van der Waals surface area contributed by atoms with E-state index in [2.05, 4.69) is 37.4 Å². The molecular weight excluding hydrogens is 360 g/mol. The van der Waals surface area contributed by atoms with Gasteiger partial charge in [0.2, 0.25) is 0 Å². The third-order valence-corrected chi connectivity index (χ3v) is 5.66. The number of benzene rings is 1. The number of hydrogen-bond acceptors (Lipinski definition) is 5. The van der Waals surface area contributed by atoms with Crippen molar-refractivity contribution in [1.82, 2.24) is 4.98 Å². The first-order valence-electron chi connectivity index (χ1n) is 9.08. The lowest BCUT2D eigenvalue weighted by atomic mass is 10.1. The van der Waals surface area contributed by atoms with Crippen molar-refractivity contribution in [1.29, 1.82) is 0 Å². The number of nitrogens with zero attached hydrogens (tertiary/aromatic N) is 1. The summed E-state index contributed by atoms with van der Waals surface area (Å²) in [4.78, 5) is 5.06. The fourth-order valence-corrected chi connectivity index (χ4v) is 3.78. The highest BCUT2D eigenvalue weighted by Gasteiger charge is 2.16. The van der Waals surface area contributed by atoms with Crippen LogP contribution in [0.2, 0.25) is 0 Å². The van der Waals surface area contributed by atoms with E-state index in [4.69, 9.17) is 9.72 Å². The van der Waals surface area contributed by atoms with E-state index in [1.165, 1.54) is 11.8 Å². The summed E-state index contributed by atoms with van der Waals surface area (Å²) in [6.45, 7) is 5.26. The molecule has 0 unspecified atom stereocenters. The number of fused-ring (bicyclic) bond motifs is 1. The van der Waals surface area contributed by atoms with E-state index in [9.17, 15) is 8.42 Å². The van der Waals surface area contributed by atoms with Crippen molar-refractivity contribution in [3.05, 3.63) is 52.9 Å². The molecule has 1 N–H and O–H groups in total. The van der Waals surface area contributed by atoms with Crippen LogP contribution in [0.4, 0.5) is 5.69 Å². The number of hydrogen-bond donors (Lipinski definition) is 1. The van der Waals surface area contributed by atoms with E-state index in [0.29, 0.717) is 18.1 Å². The molecule has 1 heterocycles. The number of methoxy groups -OCH3 is 1. The number of nitrogens with one attached hydrogen (secondary N) is 1. The smallest absolute Gasteiger partial charge is 0.175 e. The maximum atomic E-state index is 11.8. The number of sulfone groups is 1. The second-order valence-corrected chi connectivity index (χ2v) is 9.34. The summed E-state index contributed by atoms with van der Waals surface area (Å²) in [6.07, 6.45) is 6.86. The Kier molecular flexibility index (Phi) is 5.56. The Bertz CT molecular complexity index is 979. The van der Waals surface area contributed by atoms with Gasteiger partial charge in [0.05, 0.1) is 17.7 Å². The summed E-state index contributed by atoms with van der Waals surface area (Å²) < 4.78 is 29.0. The number of pyridine rings is 1. The Morgan fingerprint density at radius 1 is 1.26 bits per heavy atom. The van der Waals surface area contributed by atoms with Crippen LogP contribution in [0.3, 0.4) is 0 Å². The highest BCUT2D eigenvalue weighted by molar-refractivity contribution is 7.90. The molecule has 1 aromatic carbocycles. The van der Waals surface area contributed by atoms with Crippen LogP contribution in [-0.4, -0.2) is 33.3 Å². The van der Waals surface area contributed by atoms with Crippen molar-refractivity contribution in [2.24, 2.45) is 5.92 Å². The molecule has 0 spiro atoms. The van der Waals surface area contributed by atoms with Gasteiger partial charge in [-0.25, -0.2) is 8.42 Å². The average Bonchev–Trinajstić information content (AvgIpc) is 3.07. The molecule has 0 fully saturated rings. The van der Waals surface area contributed by atoms with Crippen molar-refractivity contribution in [3.8, 4) is 5.75 Å². The molecule has 27 heavy (non-hydrogen) atoms. The number of aromatic nitrogens is 1. The summed E-state index contributed by atoms with van der Waals surface area (Å²) >= 11 is 0. The third kappa shape index (κ3) is 4.50. The molecule has 2 aromatic rings. The van der Waals surface area contributed by atoms with Crippen molar-refractivity contribution in [3.63, 3.8) is 0 Å². The van der Waals surface area contributed by atoms with Gasteiger partial charge in [0.25, 0.3) is 0 Å². The number of anilines is 1. The molecule has 0 aliphatic heterocycles. The minimum atomic E-state index is -3.27. The lowest BCUT2D eigenvalue weighted by Crippen LogP contribution is -2.11. The second kappa shape index (κ2) is 7.72. The number of rotatable bonds is 7. The quantitative estimate of drug-likeness (QED) is 0.785. The van der Waals surface area contributed by atoms with Crippen LogP contribution in [0.1, 0.15) is 36.4 Å². The topological polar surface area (TPSA) is 68.3 Å². The number of allylic oxidation sites excluding steroid dienone is 1. The van der Waals surface area contributed by atoms with Crippen LogP contribution in [-0.2, 0) is 22.7 Å². The molecule has 5 nitrogen and oxygen atoms in total. The Morgan fingerprint density at radius 3 is 2.70 bits per heavy atom. The zero-order valence-corrected chi connectivity index (χ0v) is 17.1. The number of ether oxygens (including phenoxy) is 1. The lowest BCUT2D eigenvalue weighted by molar-refractivity contribution is 0.409.